The molecule has 0 aliphatic heterocycles. The van der Waals surface area contributed by atoms with E-state index in [0.29, 0.717) is 0 Å². The van der Waals surface area contributed by atoms with Gasteiger partial charge < -0.3 is 4.74 Å². The number of hydrogen-bond acceptors (Lipinski definition) is 1. The molecule has 0 spiro atoms. The Morgan fingerprint density at radius 2 is 0.263 bits per heavy atom. The van der Waals surface area contributed by atoms with E-state index in [1.165, 1.54) is 14.3 Å². The van der Waals surface area contributed by atoms with Crippen LogP contribution in [-0.4, -0.2) is 19.4 Å². The lowest BCUT2D eigenvalue weighted by atomic mass is 9.12. The van der Waals surface area contributed by atoms with Crippen LogP contribution in [0.25, 0.3) is 0 Å². The third kappa shape index (κ3) is 15.3. The first-order valence-corrected chi connectivity index (χ1v) is 35.1. The first-order valence-electron chi connectivity index (χ1n) is 30.8. The minimum Gasteiger partial charge on any atom is -0.497 e. The van der Waals surface area contributed by atoms with Crippen molar-refractivity contribution in [2.45, 2.75) is 0 Å². The number of halogens is 42. The third-order valence-corrected chi connectivity index (χ3v) is 22.5. The van der Waals surface area contributed by atoms with Crippen molar-refractivity contribution in [1.29, 1.82) is 0 Å². The van der Waals surface area contributed by atoms with E-state index in [4.69, 9.17) is 4.74 Å². The van der Waals surface area contributed by atoms with Crippen molar-refractivity contribution in [3.63, 3.8) is 0 Å². The minimum absolute atomic E-state index is 0.0287. The molecule has 0 fully saturated rings. The molecule has 0 N–H and O–H groups in total. The highest BCUT2D eigenvalue weighted by molar-refractivity contribution is 7.21. The molecule has 0 aliphatic rings. The van der Waals surface area contributed by atoms with Crippen molar-refractivity contribution >= 4 is 56.0 Å². The first kappa shape index (κ1) is 91.1. The molecule has 118 heavy (non-hydrogen) atoms. The molecule has 0 aromatic heterocycles. The second-order valence-corrected chi connectivity index (χ2v) is 29.4. The number of hydrogen-bond donors (Lipinski definition) is 0. The van der Waals surface area contributed by atoms with Gasteiger partial charge in [0.2, 0.25) is 0 Å². The standard InChI is InChI=1S/2C24BF20.C13H12IO.C12H10I/c2*26-5-1(6(27)14(35)21(42)13(5)34)25(2-7(28)15(36)22(43)16(37)8(2)29,3-9(30)17(38)23(44)18(39)10(3)31)4-11(32)19(40)24(45)20(41)12(4)33;1-15-13-9-7-12(8-10-13)14-11-5-3-2-4-6-11;1-3-7-11(8-4-1)13-12-9-5-2-6-10-12/h;;2-10H,1H3;1-10H/q2*-1;2*+1. The molecule has 0 amide bonds. The minimum atomic E-state index is -7.22. The van der Waals surface area contributed by atoms with Crippen LogP contribution in [0.15, 0.2) is 115 Å². The Morgan fingerprint density at radius 3 is 0.381 bits per heavy atom. The molecule has 1 nitrogen and oxygen atoms in total. The normalized spacial score (nSPS) is 11.5. The van der Waals surface area contributed by atoms with Crippen LogP contribution in [0.5, 0.6) is 5.75 Å². The molecule has 0 radical (unpaired) electrons. The number of rotatable bonds is 13. The monoisotopic (exact) mass is 1950 g/mol. The topological polar surface area (TPSA) is 9.23 Å². The lowest BCUT2D eigenvalue weighted by Crippen LogP contribution is -3.61. The van der Waals surface area contributed by atoms with Gasteiger partial charge in [-0.1, -0.05) is 54.6 Å². The maximum Gasteiger partial charge on any atom is 0.357 e. The van der Waals surface area contributed by atoms with Gasteiger partial charge in [-0.05, 0) is 60.7 Å². The van der Waals surface area contributed by atoms with Gasteiger partial charge >= 0.3 is 42.4 Å². The molecular formula is C73H22B2F40I2O. The molecule has 0 aliphatic carbocycles. The van der Waals surface area contributed by atoms with Crippen molar-refractivity contribution < 1.29 is 223 Å². The summed E-state index contributed by atoms with van der Waals surface area (Å²) in [5.41, 5.74) is -28.7. The highest BCUT2D eigenvalue weighted by atomic mass is 127. The van der Waals surface area contributed by atoms with E-state index in [1.807, 2.05) is 12.1 Å². The average molecular weight is 1950 g/mol. The Morgan fingerprint density at radius 1 is 0.153 bits per heavy atom. The van der Waals surface area contributed by atoms with Crippen molar-refractivity contribution in [1.82, 2.24) is 0 Å². The lowest BCUT2D eigenvalue weighted by Gasteiger charge is -2.44. The van der Waals surface area contributed by atoms with Gasteiger partial charge in [0, 0.05) is 0 Å². The SMILES string of the molecule is COc1ccc([I+]c2ccccc2)cc1.Fc1c(F)c(F)c([B-](c2c(F)c(F)c(F)c(F)c2F)(c2c(F)c(F)c(F)c(F)c2F)c2c(F)c(F)c(F)c(F)c2F)c(F)c1F.Fc1c(F)c(F)c([B-](c2c(F)c(F)c(F)c(F)c2F)(c2c(F)c(F)c(F)c(F)c2F)c2c(F)c(F)c(F)c(F)c2F)c(F)c1F.c1ccc([I+]c2ccccc2)cc1. The molecule has 0 saturated carbocycles. The summed E-state index contributed by atoms with van der Waals surface area (Å²) in [5, 5.41) is 0. The predicted molar refractivity (Wildman–Crippen MR) is 326 cm³/mol. The second-order valence-electron chi connectivity index (χ2n) is 23.3. The summed E-state index contributed by atoms with van der Waals surface area (Å²) in [6.07, 6.45) is -14.4. The van der Waals surface area contributed by atoms with Gasteiger partial charge in [0.05, 0.1) is 7.11 Å². The number of benzene rings is 12. The molecule has 12 aromatic carbocycles. The Labute approximate surface area is 650 Å². The van der Waals surface area contributed by atoms with E-state index in [2.05, 4.69) is 103 Å². The fourth-order valence-corrected chi connectivity index (χ4v) is 16.5. The van der Waals surface area contributed by atoms with E-state index < -0.39 is 289 Å². The molecule has 12 rings (SSSR count). The van der Waals surface area contributed by atoms with E-state index in [1.54, 1.807) is 7.11 Å². The largest absolute Gasteiger partial charge is 0.497 e. The maximum absolute atomic E-state index is 15.4. The molecule has 620 valence electrons. The molecule has 0 saturated heterocycles. The summed E-state index contributed by atoms with van der Waals surface area (Å²) in [7, 11) is 1.70. The fourth-order valence-electron chi connectivity index (χ4n) is 12.1. The quantitative estimate of drug-likeness (QED) is 0.0368. The maximum atomic E-state index is 15.4. The molecular weight excluding hydrogens is 1930 g/mol. The summed E-state index contributed by atoms with van der Waals surface area (Å²) in [6, 6.07) is 40.4. The van der Waals surface area contributed by atoms with E-state index in [9.17, 15) is 105 Å². The summed E-state index contributed by atoms with van der Waals surface area (Å²) in [6.45, 7) is 0. The van der Waals surface area contributed by atoms with Gasteiger partial charge in [0.15, 0.2) is 154 Å². The van der Waals surface area contributed by atoms with Crippen molar-refractivity contribution in [3.05, 3.63) is 362 Å². The zero-order chi connectivity index (χ0) is 88.2. The zero-order valence-corrected chi connectivity index (χ0v) is 60.2. The number of ether oxygens (including phenoxy) is 1. The highest BCUT2D eigenvalue weighted by Crippen LogP contribution is 2.35. The number of methoxy groups -OCH3 is 1. The average Bonchev–Trinajstić information content (AvgIpc) is 0.685. The Balaban J connectivity index is 0.000000202. The lowest BCUT2D eigenvalue weighted by molar-refractivity contribution is -0.597. The molecule has 45 heteroatoms. The van der Waals surface area contributed by atoms with Crippen LogP contribution >= 0.6 is 0 Å². The molecule has 0 bridgehead atoms. The van der Waals surface area contributed by atoms with E-state index >= 15 is 70.2 Å². The third-order valence-electron chi connectivity index (χ3n) is 17.1. The van der Waals surface area contributed by atoms with Crippen molar-refractivity contribution in [3.8, 4) is 5.75 Å². The van der Waals surface area contributed by atoms with Crippen molar-refractivity contribution in [2.75, 3.05) is 7.11 Å². The van der Waals surface area contributed by atoms with E-state index in [0.717, 1.165) is 5.75 Å². The summed E-state index contributed by atoms with van der Waals surface area (Å²) < 4.78 is 599. The van der Waals surface area contributed by atoms with Gasteiger partial charge in [-0.2, -0.15) is 0 Å². The zero-order valence-electron chi connectivity index (χ0n) is 55.9. The van der Waals surface area contributed by atoms with Crippen LogP contribution < -0.4 is 90.8 Å². The Hall–Kier alpha value is -10.8. The van der Waals surface area contributed by atoms with Gasteiger partial charge in [0.25, 0.3) is 0 Å². The van der Waals surface area contributed by atoms with Crippen LogP contribution in [0.3, 0.4) is 0 Å². The summed E-state index contributed by atoms with van der Waals surface area (Å²) in [5.74, 6) is -142. The van der Waals surface area contributed by atoms with Crippen LogP contribution in [0.4, 0.5) is 176 Å². The van der Waals surface area contributed by atoms with Crippen LogP contribution in [0, 0.1) is 247 Å². The molecule has 0 atom stereocenters. The molecule has 12 aromatic rings. The van der Waals surface area contributed by atoms with Gasteiger partial charge in [-0.15, -0.1) is 43.7 Å². The van der Waals surface area contributed by atoms with E-state index in [-0.39, 0.29) is 42.4 Å². The van der Waals surface area contributed by atoms with Crippen LogP contribution in [0.1, 0.15) is 0 Å². The smallest absolute Gasteiger partial charge is 0.357 e. The van der Waals surface area contributed by atoms with Gasteiger partial charge in [-0.25, -0.2) is 176 Å². The van der Waals surface area contributed by atoms with Gasteiger partial charge in [-0.3, -0.25) is 0 Å². The fraction of sp³-hybridized carbons (Fsp3) is 0.0137. The first-order chi connectivity index (χ1) is 55.2. The van der Waals surface area contributed by atoms with Gasteiger partial charge in [0.1, 0.15) is 111 Å². The second kappa shape index (κ2) is 35.4. The van der Waals surface area contributed by atoms with Crippen LogP contribution in [-0.2, 0) is 0 Å². The predicted octanol–water partition coefficient (Wildman–Crippen LogP) is 11.3. The Bertz CT molecular complexity index is 4890. The molecule has 0 unspecified atom stereocenters. The summed E-state index contributed by atoms with van der Waals surface area (Å²) in [4.78, 5) is 0. The van der Waals surface area contributed by atoms with Crippen LogP contribution in [0.2, 0.25) is 0 Å². The summed E-state index contributed by atoms with van der Waals surface area (Å²) >= 11 is -0.0163. The Kier molecular flexibility index (Phi) is 27.4. The highest BCUT2D eigenvalue weighted by Gasteiger charge is 2.55. The van der Waals surface area contributed by atoms with Crippen molar-refractivity contribution in [2.24, 2.45) is 0 Å². The molecule has 0 heterocycles.